The maximum absolute atomic E-state index is 13.6. The molecule has 2 atom stereocenters. The Morgan fingerprint density at radius 2 is 1.96 bits per heavy atom. The van der Waals surface area contributed by atoms with Gasteiger partial charge in [0, 0.05) is 10.5 Å². The van der Waals surface area contributed by atoms with Gasteiger partial charge in [-0.1, -0.05) is 12.1 Å². The van der Waals surface area contributed by atoms with Crippen molar-refractivity contribution in [3.63, 3.8) is 0 Å². The monoisotopic (exact) mass is 403 g/mol. The van der Waals surface area contributed by atoms with E-state index in [4.69, 9.17) is 4.74 Å². The van der Waals surface area contributed by atoms with Crippen molar-refractivity contribution in [2.45, 2.75) is 30.1 Å². The summed E-state index contributed by atoms with van der Waals surface area (Å²) in [6, 6.07) is 10.6. The molecule has 28 heavy (non-hydrogen) atoms. The highest BCUT2D eigenvalue weighted by Crippen LogP contribution is 2.35. The van der Waals surface area contributed by atoms with Crippen molar-refractivity contribution in [2.75, 3.05) is 5.32 Å². The molecule has 3 N–H and O–H groups in total. The van der Waals surface area contributed by atoms with E-state index in [0.29, 0.717) is 5.69 Å². The van der Waals surface area contributed by atoms with Crippen LogP contribution in [0.15, 0.2) is 47.4 Å². The Labute approximate surface area is 165 Å². The number of halogens is 1. The molecule has 9 heteroatoms. The van der Waals surface area contributed by atoms with Crippen molar-refractivity contribution < 1.29 is 23.5 Å². The Hall–Kier alpha value is -3.07. The molecule has 2 aromatic carbocycles. The number of ether oxygens (including phenoxy) is 1. The summed E-state index contributed by atoms with van der Waals surface area (Å²) >= 11 is 1.40. The fraction of sp³-hybridized carbons (Fsp3) is 0.211. The van der Waals surface area contributed by atoms with Crippen LogP contribution in [0.5, 0.6) is 5.75 Å². The topological polar surface area (TPSA) is 96.5 Å². The lowest BCUT2D eigenvalue weighted by molar-refractivity contribution is -0.128. The number of hydrogen-bond acceptors (Lipinski definition) is 5. The fourth-order valence-corrected chi connectivity index (χ4v) is 3.36. The maximum atomic E-state index is 13.6. The van der Waals surface area contributed by atoms with Gasteiger partial charge in [0.05, 0.1) is 10.9 Å². The molecule has 2 aromatic rings. The summed E-state index contributed by atoms with van der Waals surface area (Å²) in [6.45, 7) is 3.23. The second-order valence-electron chi connectivity index (χ2n) is 6.09. The highest BCUT2D eigenvalue weighted by Gasteiger charge is 2.24. The van der Waals surface area contributed by atoms with Crippen molar-refractivity contribution in [1.29, 1.82) is 0 Å². The van der Waals surface area contributed by atoms with Crippen LogP contribution in [0.4, 0.5) is 10.1 Å². The summed E-state index contributed by atoms with van der Waals surface area (Å²) in [4.78, 5) is 37.0. The molecule has 1 heterocycles. The van der Waals surface area contributed by atoms with Crippen LogP contribution in [0.25, 0.3) is 0 Å². The van der Waals surface area contributed by atoms with Crippen molar-refractivity contribution in [3.8, 4) is 5.75 Å². The number of hydrogen-bond donors (Lipinski definition) is 3. The lowest BCUT2D eigenvalue weighted by Crippen LogP contribution is -2.47. The minimum Gasteiger partial charge on any atom is -0.478 e. The molecule has 146 valence electrons. The lowest BCUT2D eigenvalue weighted by Gasteiger charge is -2.21. The molecule has 0 fully saturated rings. The first kappa shape index (κ1) is 19.7. The molecule has 0 saturated carbocycles. The summed E-state index contributed by atoms with van der Waals surface area (Å²) in [6.07, 6.45) is -1.03. The zero-order valence-corrected chi connectivity index (χ0v) is 15.9. The molecule has 0 unspecified atom stereocenters. The summed E-state index contributed by atoms with van der Waals surface area (Å²) in [5.74, 6) is -2.00. The first-order chi connectivity index (χ1) is 13.3. The van der Waals surface area contributed by atoms with E-state index < -0.39 is 23.7 Å². The van der Waals surface area contributed by atoms with Gasteiger partial charge in [0.15, 0.2) is 17.7 Å². The SMILES string of the molecule is C[C@@H](Oc1ccccc1F)C(=O)NNC(=O)c1ccc2c(c1)NC(=O)[C@@H](C)S2. The molecule has 1 aliphatic rings. The number of carbonyl (C=O) groups is 3. The third-order valence-electron chi connectivity index (χ3n) is 3.98. The average Bonchev–Trinajstić information content (AvgIpc) is 2.68. The predicted molar refractivity (Wildman–Crippen MR) is 102 cm³/mol. The van der Waals surface area contributed by atoms with E-state index in [-0.39, 0.29) is 22.5 Å². The molecule has 0 spiro atoms. The van der Waals surface area contributed by atoms with Crippen molar-refractivity contribution in [3.05, 3.63) is 53.8 Å². The van der Waals surface area contributed by atoms with Gasteiger partial charge < -0.3 is 10.1 Å². The summed E-state index contributed by atoms with van der Waals surface area (Å²) in [5.41, 5.74) is 5.32. The first-order valence-electron chi connectivity index (χ1n) is 8.48. The molecular weight excluding hydrogens is 385 g/mol. The van der Waals surface area contributed by atoms with Crippen LogP contribution in [0.3, 0.4) is 0 Å². The van der Waals surface area contributed by atoms with E-state index >= 15 is 0 Å². The lowest BCUT2D eigenvalue weighted by atomic mass is 10.2. The Bertz CT molecular complexity index is 937. The number of anilines is 1. The van der Waals surface area contributed by atoms with Gasteiger partial charge in [-0.15, -0.1) is 11.8 Å². The molecule has 0 aliphatic carbocycles. The summed E-state index contributed by atoms with van der Waals surface area (Å²) in [5, 5.41) is 2.53. The second-order valence-corrected chi connectivity index (χ2v) is 7.48. The third kappa shape index (κ3) is 4.42. The number of hydrazine groups is 1. The summed E-state index contributed by atoms with van der Waals surface area (Å²) in [7, 11) is 0. The van der Waals surface area contributed by atoms with Gasteiger partial charge in [0.25, 0.3) is 11.8 Å². The standard InChI is InChI=1S/C19H18FN3O4S/c1-10(27-15-6-4-3-5-13(15)20)17(24)22-23-19(26)12-7-8-16-14(9-12)21-18(25)11(2)28-16/h3-11H,1-2H3,(H,21,25)(H,22,24)(H,23,26)/t10-,11-/m1/s1. The van der Waals surface area contributed by atoms with E-state index in [2.05, 4.69) is 16.2 Å². The Morgan fingerprint density at radius 3 is 2.71 bits per heavy atom. The number of benzene rings is 2. The van der Waals surface area contributed by atoms with Gasteiger partial charge in [-0.2, -0.15) is 0 Å². The third-order valence-corrected chi connectivity index (χ3v) is 5.16. The minimum absolute atomic E-state index is 0.0615. The van der Waals surface area contributed by atoms with Gasteiger partial charge >= 0.3 is 0 Å². The molecule has 0 aromatic heterocycles. The number of para-hydroxylation sites is 1. The van der Waals surface area contributed by atoms with Crippen molar-refractivity contribution in [2.24, 2.45) is 0 Å². The molecule has 3 amide bonds. The maximum Gasteiger partial charge on any atom is 0.279 e. The van der Waals surface area contributed by atoms with E-state index in [9.17, 15) is 18.8 Å². The fourth-order valence-electron chi connectivity index (χ4n) is 2.43. The number of fused-ring (bicyclic) bond motifs is 1. The van der Waals surface area contributed by atoms with Gasteiger partial charge in [0.2, 0.25) is 5.91 Å². The van der Waals surface area contributed by atoms with Gasteiger partial charge in [-0.25, -0.2) is 4.39 Å². The van der Waals surface area contributed by atoms with Crippen LogP contribution in [0.2, 0.25) is 0 Å². The van der Waals surface area contributed by atoms with Gasteiger partial charge in [0.1, 0.15) is 0 Å². The van der Waals surface area contributed by atoms with E-state index in [1.54, 1.807) is 25.1 Å². The molecule has 1 aliphatic heterocycles. The average molecular weight is 403 g/mol. The zero-order chi connectivity index (χ0) is 20.3. The van der Waals surface area contributed by atoms with Crippen molar-refractivity contribution in [1.82, 2.24) is 10.9 Å². The Morgan fingerprint density at radius 1 is 1.21 bits per heavy atom. The molecule has 0 radical (unpaired) electrons. The van der Waals surface area contributed by atoms with Gasteiger partial charge in [-0.3, -0.25) is 25.2 Å². The number of thioether (sulfide) groups is 1. The quantitative estimate of drug-likeness (QED) is 0.682. The zero-order valence-electron chi connectivity index (χ0n) is 15.1. The number of nitrogens with one attached hydrogen (secondary N) is 3. The second kappa shape index (κ2) is 8.30. The Balaban J connectivity index is 1.58. The van der Waals surface area contributed by atoms with E-state index in [0.717, 1.165) is 4.90 Å². The summed E-state index contributed by atoms with van der Waals surface area (Å²) < 4.78 is 18.8. The van der Waals surface area contributed by atoms with Crippen molar-refractivity contribution >= 4 is 35.2 Å². The van der Waals surface area contributed by atoms with E-state index in [1.165, 1.54) is 43.0 Å². The highest BCUT2D eigenvalue weighted by molar-refractivity contribution is 8.00. The minimum atomic E-state index is -1.03. The highest BCUT2D eigenvalue weighted by atomic mass is 32.2. The molecule has 0 saturated heterocycles. The smallest absolute Gasteiger partial charge is 0.279 e. The van der Waals surface area contributed by atoms with Crippen LogP contribution < -0.4 is 20.9 Å². The van der Waals surface area contributed by atoms with Crippen LogP contribution in [0, 0.1) is 5.82 Å². The Kier molecular flexibility index (Phi) is 5.84. The number of amides is 3. The number of carbonyl (C=O) groups excluding carboxylic acids is 3. The predicted octanol–water partition coefficient (Wildman–Crippen LogP) is 2.49. The van der Waals surface area contributed by atoms with Crippen LogP contribution >= 0.6 is 11.8 Å². The molecule has 7 nitrogen and oxygen atoms in total. The first-order valence-corrected chi connectivity index (χ1v) is 9.36. The molecule has 3 rings (SSSR count). The van der Waals surface area contributed by atoms with Crippen LogP contribution in [0.1, 0.15) is 24.2 Å². The normalized spacial score (nSPS) is 16.4. The molecular formula is C19H18FN3O4S. The largest absolute Gasteiger partial charge is 0.478 e. The van der Waals surface area contributed by atoms with Crippen LogP contribution in [-0.2, 0) is 9.59 Å². The number of rotatable bonds is 4. The van der Waals surface area contributed by atoms with Gasteiger partial charge in [-0.05, 0) is 44.2 Å². The molecule has 0 bridgehead atoms. The van der Waals surface area contributed by atoms with Crippen LogP contribution in [-0.4, -0.2) is 29.1 Å². The van der Waals surface area contributed by atoms with E-state index in [1.807, 2.05) is 0 Å².